The van der Waals surface area contributed by atoms with Gasteiger partial charge < -0.3 is 9.47 Å². The average molecular weight is 204 g/mol. The number of ether oxygens (including phenoxy) is 2. The van der Waals surface area contributed by atoms with Crippen LogP contribution >= 0.6 is 0 Å². The van der Waals surface area contributed by atoms with Crippen molar-refractivity contribution in [2.75, 3.05) is 20.4 Å². The summed E-state index contributed by atoms with van der Waals surface area (Å²) < 4.78 is 9.09. The van der Waals surface area contributed by atoms with Crippen LogP contribution in [0, 0.1) is 0 Å². The Kier molecular flexibility index (Phi) is 6.47. The van der Waals surface area contributed by atoms with Crippen molar-refractivity contribution in [1.29, 1.82) is 0 Å². The Hall–Kier alpha value is -1.30. The molecule has 6 heteroatoms. The second-order valence-corrected chi connectivity index (χ2v) is 2.54. The van der Waals surface area contributed by atoms with E-state index in [9.17, 15) is 9.59 Å². The lowest BCUT2D eigenvalue weighted by Gasteiger charge is -2.19. The molecule has 0 rings (SSSR count). The second kappa shape index (κ2) is 7.14. The molecule has 0 bridgehead atoms. The van der Waals surface area contributed by atoms with E-state index < -0.39 is 12.1 Å². The van der Waals surface area contributed by atoms with Gasteiger partial charge in [0, 0.05) is 20.5 Å². The van der Waals surface area contributed by atoms with Crippen molar-refractivity contribution in [3.63, 3.8) is 0 Å². The average Bonchev–Trinajstić information content (AvgIpc) is 2.13. The summed E-state index contributed by atoms with van der Waals surface area (Å²) in [6.07, 6.45) is 0.249. The van der Waals surface area contributed by atoms with Crippen molar-refractivity contribution in [2.24, 2.45) is 0 Å². The van der Waals surface area contributed by atoms with Crippen molar-refractivity contribution in [3.05, 3.63) is 0 Å². The standard InChI is InChI=1S/C8H16N2O4/c1-4-5-10(9-3)8(12)14-6-13-7(2)11/h9H,4-6H2,1-3H3. The van der Waals surface area contributed by atoms with Gasteiger partial charge in [-0.15, -0.1) is 0 Å². The Labute approximate surface area is 83.1 Å². The highest BCUT2D eigenvalue weighted by Gasteiger charge is 2.11. The molecule has 0 saturated heterocycles. The van der Waals surface area contributed by atoms with Crippen LogP contribution in [0.4, 0.5) is 4.79 Å². The van der Waals surface area contributed by atoms with Gasteiger partial charge in [-0.25, -0.2) is 15.2 Å². The molecule has 0 unspecified atom stereocenters. The van der Waals surface area contributed by atoms with Gasteiger partial charge in [0.1, 0.15) is 0 Å². The molecule has 14 heavy (non-hydrogen) atoms. The SMILES string of the molecule is CCCN(NC)C(=O)OCOC(C)=O. The smallest absolute Gasteiger partial charge is 0.427 e. The molecule has 0 aromatic carbocycles. The van der Waals surface area contributed by atoms with E-state index in [4.69, 9.17) is 0 Å². The zero-order valence-corrected chi connectivity index (χ0v) is 8.70. The van der Waals surface area contributed by atoms with Gasteiger partial charge in [-0.1, -0.05) is 6.92 Å². The minimum atomic E-state index is -0.560. The van der Waals surface area contributed by atoms with Crippen molar-refractivity contribution < 1.29 is 19.1 Å². The number of hydrogen-bond donors (Lipinski definition) is 1. The van der Waals surface area contributed by atoms with Crippen LogP contribution in [0.2, 0.25) is 0 Å². The van der Waals surface area contributed by atoms with Crippen LogP contribution in [-0.4, -0.2) is 37.5 Å². The van der Waals surface area contributed by atoms with Crippen LogP contribution in [0.25, 0.3) is 0 Å². The first-order valence-corrected chi connectivity index (χ1v) is 4.36. The molecule has 0 radical (unpaired) electrons. The molecule has 6 nitrogen and oxygen atoms in total. The molecule has 1 N–H and O–H groups in total. The van der Waals surface area contributed by atoms with Crippen molar-refractivity contribution in [3.8, 4) is 0 Å². The normalized spacial score (nSPS) is 9.36. The highest BCUT2D eigenvalue weighted by atomic mass is 16.7. The van der Waals surface area contributed by atoms with Gasteiger partial charge in [-0.3, -0.25) is 4.79 Å². The predicted molar refractivity (Wildman–Crippen MR) is 49.2 cm³/mol. The van der Waals surface area contributed by atoms with Gasteiger partial charge in [0.2, 0.25) is 6.79 Å². The lowest BCUT2D eigenvalue weighted by Crippen LogP contribution is -2.41. The molecule has 1 amide bonds. The van der Waals surface area contributed by atoms with Crippen molar-refractivity contribution in [2.45, 2.75) is 20.3 Å². The fourth-order valence-electron chi connectivity index (χ4n) is 0.759. The first-order chi connectivity index (χ1) is 6.61. The number of nitrogens with one attached hydrogen (secondary N) is 1. The summed E-state index contributed by atoms with van der Waals surface area (Å²) in [5.74, 6) is -0.482. The molecule has 0 atom stereocenters. The van der Waals surface area contributed by atoms with Crippen LogP contribution in [0.1, 0.15) is 20.3 Å². The first kappa shape index (κ1) is 12.7. The minimum absolute atomic E-state index is 0.351. The maximum Gasteiger partial charge on any atom is 0.427 e. The summed E-state index contributed by atoms with van der Waals surface area (Å²) in [7, 11) is 1.61. The van der Waals surface area contributed by atoms with E-state index >= 15 is 0 Å². The Bertz CT molecular complexity index is 196. The van der Waals surface area contributed by atoms with E-state index in [1.54, 1.807) is 7.05 Å². The van der Waals surface area contributed by atoms with E-state index in [1.165, 1.54) is 11.9 Å². The lowest BCUT2D eigenvalue weighted by molar-refractivity contribution is -0.149. The molecule has 0 fully saturated rings. The van der Waals surface area contributed by atoms with Crippen molar-refractivity contribution >= 4 is 12.1 Å². The van der Waals surface area contributed by atoms with E-state index in [0.29, 0.717) is 6.54 Å². The number of nitrogens with zero attached hydrogens (tertiary/aromatic N) is 1. The molecule has 0 aliphatic heterocycles. The first-order valence-electron chi connectivity index (χ1n) is 4.36. The van der Waals surface area contributed by atoms with Gasteiger partial charge in [0.25, 0.3) is 0 Å². The van der Waals surface area contributed by atoms with Crippen LogP contribution in [0.3, 0.4) is 0 Å². The monoisotopic (exact) mass is 204 g/mol. The Morgan fingerprint density at radius 2 is 2.00 bits per heavy atom. The minimum Gasteiger partial charge on any atom is -0.428 e. The Balaban J connectivity index is 3.74. The number of carbonyl (C=O) groups excluding carboxylic acids is 2. The van der Waals surface area contributed by atoms with Gasteiger partial charge in [0.15, 0.2) is 0 Å². The van der Waals surface area contributed by atoms with E-state index in [1.807, 2.05) is 6.92 Å². The lowest BCUT2D eigenvalue weighted by atomic mass is 10.5. The number of hydrogen-bond acceptors (Lipinski definition) is 5. The number of amides is 1. The largest absolute Gasteiger partial charge is 0.428 e. The molecular weight excluding hydrogens is 188 g/mol. The molecule has 0 aromatic rings. The number of esters is 1. The van der Waals surface area contributed by atoms with E-state index in [0.717, 1.165) is 6.42 Å². The van der Waals surface area contributed by atoms with E-state index in [2.05, 4.69) is 14.9 Å². The topological polar surface area (TPSA) is 67.9 Å². The molecule has 0 aliphatic carbocycles. The third-order valence-corrected chi connectivity index (χ3v) is 1.38. The summed E-state index contributed by atoms with van der Waals surface area (Å²) in [6.45, 7) is 3.37. The quantitative estimate of drug-likeness (QED) is 0.401. The molecule has 0 aromatic heterocycles. The number of carbonyl (C=O) groups is 2. The zero-order valence-electron chi connectivity index (χ0n) is 8.70. The zero-order chi connectivity index (χ0) is 11.0. The van der Waals surface area contributed by atoms with Gasteiger partial charge >= 0.3 is 12.1 Å². The highest BCUT2D eigenvalue weighted by Crippen LogP contribution is 1.92. The maximum absolute atomic E-state index is 11.2. The third kappa shape index (κ3) is 5.36. The summed E-state index contributed by atoms with van der Waals surface area (Å²) in [5, 5.41) is 1.30. The maximum atomic E-state index is 11.2. The predicted octanol–water partition coefficient (Wildman–Crippen LogP) is 0.490. The fraction of sp³-hybridized carbons (Fsp3) is 0.750. The molecule has 82 valence electrons. The number of hydrazine groups is 1. The second-order valence-electron chi connectivity index (χ2n) is 2.54. The van der Waals surface area contributed by atoms with Gasteiger partial charge in [-0.2, -0.15) is 0 Å². The summed E-state index contributed by atoms with van der Waals surface area (Å²) in [6, 6.07) is 0. The van der Waals surface area contributed by atoms with Gasteiger partial charge in [0.05, 0.1) is 0 Å². The molecular formula is C8H16N2O4. The molecule has 0 heterocycles. The highest BCUT2D eigenvalue weighted by molar-refractivity contribution is 5.68. The fourth-order valence-corrected chi connectivity index (χ4v) is 0.759. The van der Waals surface area contributed by atoms with Gasteiger partial charge in [-0.05, 0) is 6.42 Å². The Morgan fingerprint density at radius 1 is 1.36 bits per heavy atom. The van der Waals surface area contributed by atoms with Crippen molar-refractivity contribution in [1.82, 2.24) is 10.4 Å². The van der Waals surface area contributed by atoms with Crippen LogP contribution in [0.15, 0.2) is 0 Å². The number of rotatable bonds is 5. The summed E-state index contributed by atoms with van der Waals surface area (Å²) >= 11 is 0. The third-order valence-electron chi connectivity index (χ3n) is 1.38. The van der Waals surface area contributed by atoms with Crippen LogP contribution in [0.5, 0.6) is 0 Å². The van der Waals surface area contributed by atoms with E-state index in [-0.39, 0.29) is 6.79 Å². The Morgan fingerprint density at radius 3 is 2.43 bits per heavy atom. The summed E-state index contributed by atoms with van der Waals surface area (Å²) in [5.41, 5.74) is 2.66. The van der Waals surface area contributed by atoms with Crippen LogP contribution in [-0.2, 0) is 14.3 Å². The molecule has 0 spiro atoms. The summed E-state index contributed by atoms with van der Waals surface area (Å²) in [4.78, 5) is 21.5. The van der Waals surface area contributed by atoms with Crippen LogP contribution < -0.4 is 5.43 Å². The molecule has 0 saturated carbocycles. The molecule has 0 aliphatic rings.